The molecule has 2 rings (SSSR count). The molecule has 1 saturated heterocycles. The van der Waals surface area contributed by atoms with Gasteiger partial charge in [0.05, 0.1) is 18.1 Å². The molecule has 0 amide bonds. The van der Waals surface area contributed by atoms with Crippen molar-refractivity contribution in [1.29, 1.82) is 0 Å². The average molecular weight is 184 g/mol. The van der Waals surface area contributed by atoms with Gasteiger partial charge in [-0.1, -0.05) is 0 Å². The van der Waals surface area contributed by atoms with Crippen molar-refractivity contribution in [2.24, 2.45) is 11.8 Å². The third-order valence-corrected chi connectivity index (χ3v) is 3.33. The van der Waals surface area contributed by atoms with Crippen molar-refractivity contribution in [3.05, 3.63) is 0 Å². The summed E-state index contributed by atoms with van der Waals surface area (Å²) in [4.78, 5) is 10.9. The van der Waals surface area contributed by atoms with Gasteiger partial charge in [0, 0.05) is 5.92 Å². The first kappa shape index (κ1) is 9.00. The minimum absolute atomic E-state index is 0.149. The fraction of sp³-hybridized carbons (Fsp3) is 0.900. The summed E-state index contributed by atoms with van der Waals surface area (Å²) in [5, 5.41) is 9.02. The van der Waals surface area contributed by atoms with Crippen LogP contribution in [0.5, 0.6) is 0 Å². The van der Waals surface area contributed by atoms with Crippen LogP contribution in [0.4, 0.5) is 0 Å². The molecule has 3 heteroatoms. The molecule has 1 aliphatic heterocycles. The Labute approximate surface area is 78.1 Å². The van der Waals surface area contributed by atoms with Crippen LogP contribution < -0.4 is 0 Å². The first-order valence-corrected chi connectivity index (χ1v) is 5.06. The van der Waals surface area contributed by atoms with Gasteiger partial charge in [0.2, 0.25) is 0 Å². The van der Waals surface area contributed by atoms with Gasteiger partial charge in [-0.2, -0.15) is 0 Å². The highest BCUT2D eigenvalue weighted by Crippen LogP contribution is 2.41. The topological polar surface area (TPSA) is 46.5 Å². The Balaban J connectivity index is 2.09. The van der Waals surface area contributed by atoms with E-state index in [-0.39, 0.29) is 24.0 Å². The normalized spacial score (nSPS) is 44.4. The lowest BCUT2D eigenvalue weighted by Gasteiger charge is -2.29. The fourth-order valence-corrected chi connectivity index (χ4v) is 2.76. The lowest BCUT2D eigenvalue weighted by Crippen LogP contribution is -2.33. The maximum Gasteiger partial charge on any atom is 0.306 e. The highest BCUT2D eigenvalue weighted by atomic mass is 16.5. The number of hydrogen-bond donors (Lipinski definition) is 1. The van der Waals surface area contributed by atoms with E-state index in [9.17, 15) is 4.79 Å². The summed E-state index contributed by atoms with van der Waals surface area (Å²) in [5.74, 6) is -0.502. The van der Waals surface area contributed by atoms with E-state index >= 15 is 0 Å². The molecule has 0 bridgehead atoms. The second-order valence-corrected chi connectivity index (χ2v) is 4.26. The van der Waals surface area contributed by atoms with E-state index < -0.39 is 5.97 Å². The lowest BCUT2D eigenvalue weighted by molar-refractivity contribution is -0.146. The molecule has 1 N–H and O–H groups in total. The third kappa shape index (κ3) is 1.57. The Hall–Kier alpha value is -0.570. The molecular formula is C10H16O3. The molecule has 0 aromatic carbocycles. The predicted molar refractivity (Wildman–Crippen MR) is 47.4 cm³/mol. The second kappa shape index (κ2) is 3.29. The third-order valence-electron chi connectivity index (χ3n) is 3.33. The summed E-state index contributed by atoms with van der Waals surface area (Å²) in [7, 11) is 0. The number of hydrogen-bond acceptors (Lipinski definition) is 2. The summed E-state index contributed by atoms with van der Waals surface area (Å²) in [6, 6.07) is 0. The van der Waals surface area contributed by atoms with Gasteiger partial charge in [0.25, 0.3) is 0 Å². The molecule has 2 aliphatic rings. The van der Waals surface area contributed by atoms with Crippen LogP contribution in [0, 0.1) is 11.8 Å². The van der Waals surface area contributed by atoms with Gasteiger partial charge < -0.3 is 9.84 Å². The number of fused-ring (bicyclic) bond motifs is 1. The molecule has 0 spiro atoms. The number of aliphatic carboxylic acids is 1. The van der Waals surface area contributed by atoms with Crippen molar-refractivity contribution in [2.45, 2.75) is 44.8 Å². The van der Waals surface area contributed by atoms with Crippen molar-refractivity contribution >= 4 is 5.97 Å². The number of ether oxygens (including phenoxy) is 1. The van der Waals surface area contributed by atoms with E-state index in [1.165, 1.54) is 0 Å². The van der Waals surface area contributed by atoms with Crippen LogP contribution in [0.25, 0.3) is 0 Å². The molecule has 0 aromatic heterocycles. The van der Waals surface area contributed by atoms with E-state index in [1.54, 1.807) is 0 Å². The highest BCUT2D eigenvalue weighted by molar-refractivity contribution is 5.70. The van der Waals surface area contributed by atoms with Gasteiger partial charge in [-0.25, -0.2) is 0 Å². The summed E-state index contributed by atoms with van der Waals surface area (Å²) >= 11 is 0. The molecule has 1 saturated carbocycles. The second-order valence-electron chi connectivity index (χ2n) is 4.26. The van der Waals surface area contributed by atoms with E-state index in [1.807, 2.05) is 6.92 Å². The van der Waals surface area contributed by atoms with Crippen LogP contribution in [0.1, 0.15) is 32.6 Å². The molecule has 13 heavy (non-hydrogen) atoms. The minimum atomic E-state index is -0.632. The zero-order valence-corrected chi connectivity index (χ0v) is 7.90. The van der Waals surface area contributed by atoms with Gasteiger partial charge in [-0.15, -0.1) is 0 Å². The van der Waals surface area contributed by atoms with Crippen LogP contribution in [-0.4, -0.2) is 23.3 Å². The SMILES string of the molecule is C[C@@H]1C[C@@H]2[C@H](CCC[C@@H]2C(=O)O)O1. The van der Waals surface area contributed by atoms with Crippen molar-refractivity contribution in [2.75, 3.05) is 0 Å². The van der Waals surface area contributed by atoms with E-state index in [0.717, 1.165) is 25.7 Å². The lowest BCUT2D eigenvalue weighted by atomic mass is 9.76. The van der Waals surface area contributed by atoms with Crippen LogP contribution in [0.15, 0.2) is 0 Å². The summed E-state index contributed by atoms with van der Waals surface area (Å²) in [5.41, 5.74) is 0. The molecular weight excluding hydrogens is 168 g/mol. The predicted octanol–water partition coefficient (Wildman–Crippen LogP) is 1.66. The maximum absolute atomic E-state index is 10.9. The molecule has 0 radical (unpaired) electrons. The zero-order chi connectivity index (χ0) is 9.42. The fourth-order valence-electron chi connectivity index (χ4n) is 2.76. The van der Waals surface area contributed by atoms with Gasteiger partial charge in [-0.3, -0.25) is 4.79 Å². The molecule has 1 heterocycles. The van der Waals surface area contributed by atoms with Crippen molar-refractivity contribution < 1.29 is 14.6 Å². The Morgan fingerprint density at radius 1 is 1.46 bits per heavy atom. The molecule has 1 aliphatic carbocycles. The molecule has 2 fully saturated rings. The largest absolute Gasteiger partial charge is 0.481 e. The molecule has 0 unspecified atom stereocenters. The van der Waals surface area contributed by atoms with Crippen LogP contribution >= 0.6 is 0 Å². The molecule has 4 atom stereocenters. The molecule has 3 nitrogen and oxygen atoms in total. The Kier molecular flexibility index (Phi) is 2.28. The van der Waals surface area contributed by atoms with Crippen LogP contribution in [0.2, 0.25) is 0 Å². The van der Waals surface area contributed by atoms with E-state index in [2.05, 4.69) is 0 Å². The van der Waals surface area contributed by atoms with E-state index in [4.69, 9.17) is 9.84 Å². The Morgan fingerprint density at radius 3 is 2.92 bits per heavy atom. The monoisotopic (exact) mass is 184 g/mol. The summed E-state index contributed by atoms with van der Waals surface area (Å²) < 4.78 is 5.68. The first-order valence-electron chi connectivity index (χ1n) is 5.06. The standard InChI is InChI=1S/C10H16O3/c1-6-5-8-7(10(11)12)3-2-4-9(8)13-6/h6-9H,2-5H2,1H3,(H,11,12)/t6-,7+,8+,9+/m1/s1. The van der Waals surface area contributed by atoms with Crippen molar-refractivity contribution in [1.82, 2.24) is 0 Å². The van der Waals surface area contributed by atoms with Crippen molar-refractivity contribution in [3.63, 3.8) is 0 Å². The van der Waals surface area contributed by atoms with Crippen LogP contribution in [0.3, 0.4) is 0 Å². The smallest absolute Gasteiger partial charge is 0.306 e. The highest BCUT2D eigenvalue weighted by Gasteiger charge is 2.43. The number of carboxylic acids is 1. The van der Waals surface area contributed by atoms with Crippen molar-refractivity contribution in [3.8, 4) is 0 Å². The number of carbonyl (C=O) groups is 1. The zero-order valence-electron chi connectivity index (χ0n) is 7.90. The number of rotatable bonds is 1. The Bertz CT molecular complexity index is 214. The van der Waals surface area contributed by atoms with Gasteiger partial charge in [0.1, 0.15) is 0 Å². The quantitative estimate of drug-likeness (QED) is 0.674. The van der Waals surface area contributed by atoms with Gasteiger partial charge >= 0.3 is 5.97 Å². The summed E-state index contributed by atoms with van der Waals surface area (Å²) in [6.07, 6.45) is 4.32. The maximum atomic E-state index is 10.9. The first-order chi connectivity index (χ1) is 6.18. The summed E-state index contributed by atoms with van der Waals surface area (Å²) in [6.45, 7) is 2.04. The average Bonchev–Trinajstić information content (AvgIpc) is 2.43. The number of carboxylic acid groups (broad SMARTS) is 1. The van der Waals surface area contributed by atoms with E-state index in [0.29, 0.717) is 0 Å². The molecule has 74 valence electrons. The van der Waals surface area contributed by atoms with Gasteiger partial charge in [0.15, 0.2) is 0 Å². The minimum Gasteiger partial charge on any atom is -0.481 e. The van der Waals surface area contributed by atoms with Gasteiger partial charge in [-0.05, 0) is 32.6 Å². The molecule has 0 aromatic rings. The van der Waals surface area contributed by atoms with Crippen LogP contribution in [-0.2, 0) is 9.53 Å². The Morgan fingerprint density at radius 2 is 2.23 bits per heavy atom.